The van der Waals surface area contributed by atoms with Gasteiger partial charge in [0, 0.05) is 30.4 Å². The quantitative estimate of drug-likeness (QED) is 0.618. The van der Waals surface area contributed by atoms with E-state index in [1.807, 2.05) is 47.1 Å². The zero-order valence-electron chi connectivity index (χ0n) is 11.9. The maximum absolute atomic E-state index is 12.9. The first kappa shape index (κ1) is 12.6. The smallest absolute Gasteiger partial charge is 0.200 e. The van der Waals surface area contributed by atoms with Gasteiger partial charge in [0.15, 0.2) is 0 Å². The molecular weight excluding hydrogens is 278 g/mol. The Morgan fingerprint density at radius 2 is 1.95 bits per heavy atom. The topological polar surface area (TPSA) is 59.4 Å². The molecule has 0 saturated heterocycles. The van der Waals surface area contributed by atoms with E-state index in [1.54, 1.807) is 19.5 Å². The van der Waals surface area contributed by atoms with Crippen LogP contribution in [0.3, 0.4) is 0 Å². The number of aromatic nitrogens is 3. The molecule has 0 aliphatic carbocycles. The van der Waals surface area contributed by atoms with Crippen LogP contribution < -0.4 is 10.2 Å². The van der Waals surface area contributed by atoms with E-state index < -0.39 is 0 Å². The second-order valence-corrected chi connectivity index (χ2v) is 5.02. The molecule has 3 aromatic heterocycles. The highest BCUT2D eigenvalue weighted by Gasteiger charge is 2.11. The van der Waals surface area contributed by atoms with E-state index in [4.69, 9.17) is 4.74 Å². The molecule has 5 nitrogen and oxygen atoms in total. The van der Waals surface area contributed by atoms with Gasteiger partial charge in [0.1, 0.15) is 11.4 Å². The van der Waals surface area contributed by atoms with Crippen LogP contribution in [0, 0.1) is 0 Å². The summed E-state index contributed by atoms with van der Waals surface area (Å²) in [6.07, 6.45) is 7.14. The lowest BCUT2D eigenvalue weighted by atomic mass is 10.1. The highest BCUT2D eigenvalue weighted by atomic mass is 16.5. The third-order valence-electron chi connectivity index (χ3n) is 3.81. The number of imidazole rings is 1. The van der Waals surface area contributed by atoms with Crippen LogP contribution in [0.15, 0.2) is 59.9 Å². The van der Waals surface area contributed by atoms with E-state index in [1.165, 1.54) is 0 Å². The minimum Gasteiger partial charge on any atom is -0.497 e. The van der Waals surface area contributed by atoms with Crippen LogP contribution in [0.2, 0.25) is 0 Å². The first-order chi connectivity index (χ1) is 10.8. The Morgan fingerprint density at radius 3 is 2.73 bits per heavy atom. The molecule has 0 spiro atoms. The van der Waals surface area contributed by atoms with Crippen LogP contribution in [0.5, 0.6) is 5.75 Å². The van der Waals surface area contributed by atoms with Crippen LogP contribution in [0.1, 0.15) is 0 Å². The Balaban J connectivity index is 2.02. The van der Waals surface area contributed by atoms with Crippen LogP contribution in [0.25, 0.3) is 27.7 Å². The number of rotatable bonds is 2. The molecule has 4 rings (SSSR count). The molecule has 22 heavy (non-hydrogen) atoms. The van der Waals surface area contributed by atoms with Gasteiger partial charge in [-0.25, -0.2) is 4.98 Å². The largest absolute Gasteiger partial charge is 0.497 e. The minimum atomic E-state index is -0.0317. The van der Waals surface area contributed by atoms with E-state index >= 15 is 0 Å². The molecule has 4 aromatic rings. The predicted octanol–water partition coefficient (Wildman–Crippen LogP) is 2.85. The molecule has 0 radical (unpaired) electrons. The van der Waals surface area contributed by atoms with Gasteiger partial charge in [-0.1, -0.05) is 12.1 Å². The molecule has 1 aromatic carbocycles. The summed E-state index contributed by atoms with van der Waals surface area (Å²) in [5.41, 5.74) is 2.87. The summed E-state index contributed by atoms with van der Waals surface area (Å²) in [6.45, 7) is 0. The van der Waals surface area contributed by atoms with Crippen molar-refractivity contribution in [1.29, 1.82) is 0 Å². The zero-order valence-corrected chi connectivity index (χ0v) is 11.9. The summed E-state index contributed by atoms with van der Waals surface area (Å²) >= 11 is 0. The summed E-state index contributed by atoms with van der Waals surface area (Å²) in [4.78, 5) is 20.4. The molecular formula is C17H13N3O2. The van der Waals surface area contributed by atoms with E-state index in [9.17, 15) is 4.79 Å². The van der Waals surface area contributed by atoms with Crippen molar-refractivity contribution in [2.24, 2.45) is 0 Å². The molecule has 5 heteroatoms. The fourth-order valence-corrected chi connectivity index (χ4v) is 2.66. The monoisotopic (exact) mass is 291 g/mol. The van der Waals surface area contributed by atoms with Gasteiger partial charge < -0.3 is 14.1 Å². The van der Waals surface area contributed by atoms with Crippen LogP contribution >= 0.6 is 0 Å². The zero-order chi connectivity index (χ0) is 15.1. The van der Waals surface area contributed by atoms with Crippen molar-refractivity contribution in [2.75, 3.05) is 7.11 Å². The number of benzene rings is 1. The van der Waals surface area contributed by atoms with Gasteiger partial charge in [-0.05, 0) is 23.8 Å². The summed E-state index contributed by atoms with van der Waals surface area (Å²) in [6, 6.07) is 9.31. The minimum absolute atomic E-state index is 0.0317. The van der Waals surface area contributed by atoms with Crippen molar-refractivity contribution in [3.8, 4) is 16.9 Å². The normalized spacial score (nSPS) is 11.1. The maximum Gasteiger partial charge on any atom is 0.200 e. The number of pyridine rings is 2. The van der Waals surface area contributed by atoms with Gasteiger partial charge in [0.2, 0.25) is 5.43 Å². The standard InChI is InChI=1S/C17H13N3O2/c1-22-12-4-2-11(3-5-12)13-10-19-14-6-8-20-9-7-18-17(20)15(14)16(13)21/h2-10H,1H3,(H,19,21). The molecule has 0 bridgehead atoms. The van der Waals surface area contributed by atoms with Gasteiger partial charge in [0.05, 0.1) is 18.0 Å². The number of aromatic amines is 1. The SMILES string of the molecule is COc1ccc(-c2c[nH]c3ccn4ccnc4c3c2=O)cc1. The summed E-state index contributed by atoms with van der Waals surface area (Å²) in [5, 5.41) is 0.598. The number of hydrogen-bond donors (Lipinski definition) is 1. The molecule has 0 atom stereocenters. The van der Waals surface area contributed by atoms with Crippen molar-refractivity contribution < 1.29 is 4.74 Å². The maximum atomic E-state index is 12.9. The van der Waals surface area contributed by atoms with Crippen LogP contribution in [0.4, 0.5) is 0 Å². The Kier molecular flexibility index (Phi) is 2.72. The molecule has 0 saturated carbocycles. The van der Waals surface area contributed by atoms with Crippen LogP contribution in [-0.4, -0.2) is 21.5 Å². The van der Waals surface area contributed by atoms with Crippen molar-refractivity contribution >= 4 is 16.6 Å². The average Bonchev–Trinajstić information content (AvgIpc) is 3.04. The number of ether oxygens (including phenoxy) is 1. The first-order valence-electron chi connectivity index (χ1n) is 6.89. The summed E-state index contributed by atoms with van der Waals surface area (Å²) < 4.78 is 7.00. The molecule has 0 aliphatic heterocycles. The number of H-pyrrole nitrogens is 1. The lowest BCUT2D eigenvalue weighted by Gasteiger charge is -2.06. The fraction of sp³-hybridized carbons (Fsp3) is 0.0588. The van der Waals surface area contributed by atoms with Crippen molar-refractivity contribution in [2.45, 2.75) is 0 Å². The Hall–Kier alpha value is -3.08. The Bertz CT molecular complexity index is 1030. The van der Waals surface area contributed by atoms with Crippen LogP contribution in [-0.2, 0) is 0 Å². The Morgan fingerprint density at radius 1 is 1.14 bits per heavy atom. The van der Waals surface area contributed by atoms with Gasteiger partial charge in [-0.2, -0.15) is 0 Å². The number of fused-ring (bicyclic) bond motifs is 3. The van der Waals surface area contributed by atoms with Gasteiger partial charge in [0.25, 0.3) is 0 Å². The van der Waals surface area contributed by atoms with Gasteiger partial charge >= 0.3 is 0 Å². The lowest BCUT2D eigenvalue weighted by molar-refractivity contribution is 0.415. The molecule has 108 valence electrons. The number of nitrogens with zero attached hydrogens (tertiary/aromatic N) is 2. The highest BCUT2D eigenvalue weighted by Crippen LogP contribution is 2.22. The van der Waals surface area contributed by atoms with Crippen molar-refractivity contribution in [3.05, 3.63) is 65.3 Å². The third kappa shape index (κ3) is 1.79. The van der Waals surface area contributed by atoms with E-state index in [0.29, 0.717) is 16.6 Å². The Labute approximate surface area is 125 Å². The number of nitrogens with one attached hydrogen (secondary N) is 1. The summed E-state index contributed by atoms with van der Waals surface area (Å²) in [5.74, 6) is 0.761. The molecule has 0 aliphatic rings. The van der Waals surface area contributed by atoms with E-state index in [2.05, 4.69) is 9.97 Å². The second-order valence-electron chi connectivity index (χ2n) is 5.02. The first-order valence-corrected chi connectivity index (χ1v) is 6.89. The number of methoxy groups -OCH3 is 1. The lowest BCUT2D eigenvalue weighted by Crippen LogP contribution is -2.08. The van der Waals surface area contributed by atoms with E-state index in [-0.39, 0.29) is 5.43 Å². The molecule has 0 unspecified atom stereocenters. The molecule has 0 fully saturated rings. The average molecular weight is 291 g/mol. The highest BCUT2D eigenvalue weighted by molar-refractivity contribution is 5.93. The van der Waals surface area contributed by atoms with Crippen molar-refractivity contribution in [3.63, 3.8) is 0 Å². The van der Waals surface area contributed by atoms with E-state index in [0.717, 1.165) is 16.8 Å². The van der Waals surface area contributed by atoms with Crippen molar-refractivity contribution in [1.82, 2.24) is 14.4 Å². The molecule has 1 N–H and O–H groups in total. The fourth-order valence-electron chi connectivity index (χ4n) is 2.66. The molecule has 0 amide bonds. The number of hydrogen-bond acceptors (Lipinski definition) is 3. The summed E-state index contributed by atoms with van der Waals surface area (Å²) in [7, 11) is 1.62. The second kappa shape index (κ2) is 4.73. The third-order valence-corrected chi connectivity index (χ3v) is 3.81. The predicted molar refractivity (Wildman–Crippen MR) is 85.3 cm³/mol. The van der Waals surface area contributed by atoms with Gasteiger partial charge in [-0.15, -0.1) is 0 Å². The molecule has 3 heterocycles. The van der Waals surface area contributed by atoms with Gasteiger partial charge in [-0.3, -0.25) is 4.79 Å².